The lowest BCUT2D eigenvalue weighted by Crippen LogP contribution is -2.48. The van der Waals surface area contributed by atoms with Gasteiger partial charge in [0.05, 0.1) is 12.1 Å². The molecule has 0 unspecified atom stereocenters. The van der Waals surface area contributed by atoms with E-state index >= 15 is 0 Å². The van der Waals surface area contributed by atoms with Gasteiger partial charge in [-0.2, -0.15) is 0 Å². The number of benzene rings is 1. The quantitative estimate of drug-likeness (QED) is 0.865. The van der Waals surface area contributed by atoms with Crippen LogP contribution >= 0.6 is 0 Å². The van der Waals surface area contributed by atoms with Crippen LogP contribution in [0.3, 0.4) is 0 Å². The summed E-state index contributed by atoms with van der Waals surface area (Å²) in [6.45, 7) is 6.18. The van der Waals surface area contributed by atoms with Crippen LogP contribution in [0.25, 0.3) is 0 Å². The molecule has 1 aliphatic rings. The lowest BCUT2D eigenvalue weighted by molar-refractivity contribution is -0.132. The third kappa shape index (κ3) is 3.74. The molecule has 5 nitrogen and oxygen atoms in total. The molecule has 2 aromatic rings. The lowest BCUT2D eigenvalue weighted by Gasteiger charge is -2.34. The number of rotatable bonds is 4. The highest BCUT2D eigenvalue weighted by molar-refractivity contribution is 5.78. The van der Waals surface area contributed by atoms with Crippen LogP contribution in [0, 0.1) is 6.92 Å². The number of hydrogen-bond donors (Lipinski definition) is 0. The monoisotopic (exact) mass is 299 g/mol. The van der Waals surface area contributed by atoms with Gasteiger partial charge in [0, 0.05) is 38.8 Å². The zero-order chi connectivity index (χ0) is 15.4. The van der Waals surface area contributed by atoms with Crippen molar-refractivity contribution in [2.24, 2.45) is 0 Å². The van der Waals surface area contributed by atoms with E-state index in [-0.39, 0.29) is 5.91 Å². The number of amides is 1. The van der Waals surface area contributed by atoms with E-state index in [2.05, 4.69) is 34.3 Å². The molecule has 0 radical (unpaired) electrons. The van der Waals surface area contributed by atoms with Gasteiger partial charge in [0.25, 0.3) is 0 Å². The minimum Gasteiger partial charge on any atom is -0.361 e. The van der Waals surface area contributed by atoms with Crippen molar-refractivity contribution >= 4 is 5.91 Å². The van der Waals surface area contributed by atoms with Gasteiger partial charge in [-0.3, -0.25) is 9.69 Å². The Kier molecular flexibility index (Phi) is 4.53. The van der Waals surface area contributed by atoms with Crippen molar-refractivity contribution in [3.63, 3.8) is 0 Å². The van der Waals surface area contributed by atoms with Crippen molar-refractivity contribution in [3.8, 4) is 0 Å². The first-order chi connectivity index (χ1) is 10.7. The molecule has 0 atom stereocenters. The molecule has 1 amide bonds. The summed E-state index contributed by atoms with van der Waals surface area (Å²) in [5, 5.41) is 3.89. The highest BCUT2D eigenvalue weighted by Gasteiger charge is 2.21. The van der Waals surface area contributed by atoms with Gasteiger partial charge in [-0.25, -0.2) is 0 Å². The van der Waals surface area contributed by atoms with Crippen molar-refractivity contribution in [2.45, 2.75) is 19.9 Å². The molecule has 0 aliphatic carbocycles. The summed E-state index contributed by atoms with van der Waals surface area (Å²) in [4.78, 5) is 16.6. The van der Waals surface area contributed by atoms with Gasteiger partial charge < -0.3 is 9.42 Å². The van der Waals surface area contributed by atoms with Gasteiger partial charge in [-0.05, 0) is 12.5 Å². The molecule has 22 heavy (non-hydrogen) atoms. The predicted molar refractivity (Wildman–Crippen MR) is 83.2 cm³/mol. The maximum atomic E-state index is 12.3. The Bertz CT molecular complexity index is 616. The molecule has 0 spiro atoms. The third-order valence-corrected chi connectivity index (χ3v) is 3.98. The first-order valence-electron chi connectivity index (χ1n) is 7.67. The molecule has 1 fully saturated rings. The number of piperazine rings is 1. The second kappa shape index (κ2) is 6.75. The van der Waals surface area contributed by atoms with E-state index in [0.29, 0.717) is 12.1 Å². The van der Waals surface area contributed by atoms with Crippen molar-refractivity contribution in [1.82, 2.24) is 15.0 Å². The van der Waals surface area contributed by atoms with Crippen molar-refractivity contribution in [2.75, 3.05) is 26.2 Å². The molecule has 116 valence electrons. The molecule has 5 heteroatoms. The summed E-state index contributed by atoms with van der Waals surface area (Å²) in [7, 11) is 0. The van der Waals surface area contributed by atoms with Gasteiger partial charge in [-0.15, -0.1) is 0 Å². The Morgan fingerprint density at radius 1 is 1.18 bits per heavy atom. The number of hydrogen-bond acceptors (Lipinski definition) is 4. The Morgan fingerprint density at radius 2 is 1.91 bits per heavy atom. The van der Waals surface area contributed by atoms with Crippen molar-refractivity contribution in [3.05, 3.63) is 53.4 Å². The number of aryl methyl sites for hydroxylation is 1. The largest absolute Gasteiger partial charge is 0.361 e. The maximum absolute atomic E-state index is 12.3. The van der Waals surface area contributed by atoms with Gasteiger partial charge in [0.1, 0.15) is 5.76 Å². The molecule has 0 bridgehead atoms. The fraction of sp³-hybridized carbons (Fsp3) is 0.412. The van der Waals surface area contributed by atoms with Gasteiger partial charge in [-0.1, -0.05) is 35.5 Å². The summed E-state index contributed by atoms with van der Waals surface area (Å²) in [5.41, 5.74) is 2.04. The van der Waals surface area contributed by atoms with Gasteiger partial charge in [0.15, 0.2) is 0 Å². The molecule has 3 rings (SSSR count). The predicted octanol–water partition coefficient (Wildman–Crippen LogP) is 1.87. The molecule has 0 saturated carbocycles. The molecule has 1 aromatic carbocycles. The zero-order valence-corrected chi connectivity index (χ0v) is 12.9. The standard InChI is InChI=1S/C17H21N3O2/c1-14-11-16(18-22-14)12-17(21)20-9-7-19(8-10-20)13-15-5-3-2-4-6-15/h2-6,11H,7-10,12-13H2,1H3. The Labute approximate surface area is 130 Å². The molecule has 1 aliphatic heterocycles. The normalized spacial score (nSPS) is 16.0. The van der Waals surface area contributed by atoms with E-state index in [1.54, 1.807) is 0 Å². The Morgan fingerprint density at radius 3 is 2.55 bits per heavy atom. The number of carbonyl (C=O) groups is 1. The average Bonchev–Trinajstić information content (AvgIpc) is 2.94. The van der Waals surface area contributed by atoms with E-state index in [4.69, 9.17) is 4.52 Å². The van der Waals surface area contributed by atoms with Crippen LogP contribution in [0.5, 0.6) is 0 Å². The van der Waals surface area contributed by atoms with E-state index in [1.165, 1.54) is 5.56 Å². The second-order valence-corrected chi connectivity index (χ2v) is 5.75. The number of aromatic nitrogens is 1. The van der Waals surface area contributed by atoms with Crippen LogP contribution in [0.2, 0.25) is 0 Å². The van der Waals surface area contributed by atoms with E-state index in [0.717, 1.165) is 38.5 Å². The SMILES string of the molecule is Cc1cc(CC(=O)N2CCN(Cc3ccccc3)CC2)no1. The van der Waals surface area contributed by atoms with Crippen LogP contribution in [0.1, 0.15) is 17.0 Å². The fourth-order valence-corrected chi connectivity index (χ4v) is 2.77. The Hall–Kier alpha value is -2.14. The maximum Gasteiger partial charge on any atom is 0.228 e. The van der Waals surface area contributed by atoms with Crippen LogP contribution in [0.4, 0.5) is 0 Å². The highest BCUT2D eigenvalue weighted by atomic mass is 16.5. The molecular weight excluding hydrogens is 278 g/mol. The molecule has 1 aromatic heterocycles. The molecule has 1 saturated heterocycles. The average molecular weight is 299 g/mol. The first kappa shape index (κ1) is 14.8. The molecule has 2 heterocycles. The summed E-state index contributed by atoms with van der Waals surface area (Å²) in [5.74, 6) is 0.878. The number of nitrogens with zero attached hydrogens (tertiary/aromatic N) is 3. The van der Waals surface area contributed by atoms with E-state index < -0.39 is 0 Å². The summed E-state index contributed by atoms with van der Waals surface area (Å²) >= 11 is 0. The van der Waals surface area contributed by atoms with Gasteiger partial charge in [0.2, 0.25) is 5.91 Å². The minimum atomic E-state index is 0.132. The fourth-order valence-electron chi connectivity index (χ4n) is 2.77. The number of carbonyl (C=O) groups excluding carboxylic acids is 1. The molecule has 0 N–H and O–H groups in total. The van der Waals surface area contributed by atoms with Crippen LogP contribution in [-0.4, -0.2) is 47.0 Å². The summed E-state index contributed by atoms with van der Waals surface area (Å²) in [6, 6.07) is 12.3. The third-order valence-electron chi connectivity index (χ3n) is 3.98. The molecular formula is C17H21N3O2. The minimum absolute atomic E-state index is 0.132. The van der Waals surface area contributed by atoms with E-state index in [9.17, 15) is 4.79 Å². The van der Waals surface area contributed by atoms with Crippen molar-refractivity contribution in [1.29, 1.82) is 0 Å². The van der Waals surface area contributed by atoms with Crippen molar-refractivity contribution < 1.29 is 9.32 Å². The van der Waals surface area contributed by atoms with E-state index in [1.807, 2.05) is 24.0 Å². The summed E-state index contributed by atoms with van der Waals surface area (Å²) in [6.07, 6.45) is 0.329. The zero-order valence-electron chi connectivity index (χ0n) is 12.9. The first-order valence-corrected chi connectivity index (χ1v) is 7.67. The lowest BCUT2D eigenvalue weighted by atomic mass is 10.2. The van der Waals surface area contributed by atoms with Crippen LogP contribution < -0.4 is 0 Å². The second-order valence-electron chi connectivity index (χ2n) is 5.75. The Balaban J connectivity index is 1.48. The topological polar surface area (TPSA) is 49.6 Å². The van der Waals surface area contributed by atoms with Gasteiger partial charge >= 0.3 is 0 Å². The summed E-state index contributed by atoms with van der Waals surface area (Å²) < 4.78 is 5.01. The van der Waals surface area contributed by atoms with Crippen LogP contribution in [-0.2, 0) is 17.8 Å². The highest BCUT2D eigenvalue weighted by Crippen LogP contribution is 2.10. The smallest absolute Gasteiger partial charge is 0.228 e. The van der Waals surface area contributed by atoms with Crippen LogP contribution in [0.15, 0.2) is 40.9 Å².